The fourth-order valence-corrected chi connectivity index (χ4v) is 4.38. The number of nitrogens with zero attached hydrogens (tertiary/aromatic N) is 5. The lowest BCUT2D eigenvalue weighted by molar-refractivity contribution is 0.0977. The van der Waals surface area contributed by atoms with E-state index in [1.807, 2.05) is 21.8 Å². The van der Waals surface area contributed by atoms with Crippen molar-refractivity contribution in [1.29, 1.82) is 5.26 Å². The standard InChI is InChI=1S/C20H16N6O4S2/c1-12-18(19(27)25-32(2,28)29)22-20(31-12)26(15-6-3-13(10-21)4-7-15)11-14-5-8-16-17(9-14)24-30-23-16/h3-9H,11H2,1-2H3,(H,25,27). The van der Waals surface area contributed by atoms with Crippen molar-refractivity contribution in [3.63, 3.8) is 0 Å². The van der Waals surface area contributed by atoms with E-state index < -0.39 is 15.9 Å². The fraction of sp³-hybridized carbons (Fsp3) is 0.150. The zero-order valence-electron chi connectivity index (χ0n) is 16.9. The second kappa shape index (κ2) is 8.37. The van der Waals surface area contributed by atoms with Crippen molar-refractivity contribution in [1.82, 2.24) is 20.0 Å². The average molecular weight is 469 g/mol. The Bertz CT molecular complexity index is 1450. The van der Waals surface area contributed by atoms with Crippen molar-refractivity contribution in [2.24, 2.45) is 0 Å². The maximum atomic E-state index is 12.4. The maximum absolute atomic E-state index is 12.4. The van der Waals surface area contributed by atoms with Gasteiger partial charge in [-0.2, -0.15) is 5.26 Å². The monoisotopic (exact) mass is 468 g/mol. The van der Waals surface area contributed by atoms with E-state index in [9.17, 15) is 13.2 Å². The van der Waals surface area contributed by atoms with E-state index >= 15 is 0 Å². The molecule has 0 spiro atoms. The van der Waals surface area contributed by atoms with Gasteiger partial charge in [0, 0.05) is 10.6 Å². The molecule has 10 nitrogen and oxygen atoms in total. The van der Waals surface area contributed by atoms with Crippen molar-refractivity contribution < 1.29 is 17.8 Å². The van der Waals surface area contributed by atoms with Crippen molar-refractivity contribution >= 4 is 49.1 Å². The topological polar surface area (TPSA) is 142 Å². The third kappa shape index (κ3) is 4.58. The zero-order chi connectivity index (χ0) is 22.9. The predicted octanol–water partition coefficient (Wildman–Crippen LogP) is 2.89. The number of hydrogen-bond donors (Lipinski definition) is 1. The second-order valence-electron chi connectivity index (χ2n) is 6.94. The average Bonchev–Trinajstić information content (AvgIpc) is 3.37. The number of thiazole rings is 1. The van der Waals surface area contributed by atoms with Gasteiger partial charge in [-0.1, -0.05) is 6.07 Å². The highest BCUT2D eigenvalue weighted by molar-refractivity contribution is 7.89. The molecule has 2 aromatic heterocycles. The summed E-state index contributed by atoms with van der Waals surface area (Å²) >= 11 is 1.25. The Morgan fingerprint density at radius 2 is 1.91 bits per heavy atom. The van der Waals surface area contributed by atoms with Crippen molar-refractivity contribution in [3.05, 3.63) is 64.2 Å². The van der Waals surface area contributed by atoms with E-state index in [1.165, 1.54) is 11.3 Å². The molecule has 0 saturated heterocycles. The number of carbonyl (C=O) groups is 1. The third-order valence-electron chi connectivity index (χ3n) is 4.48. The number of aryl methyl sites for hydroxylation is 1. The van der Waals surface area contributed by atoms with Gasteiger partial charge in [0.05, 0.1) is 24.4 Å². The fourth-order valence-electron chi connectivity index (χ4n) is 3.02. The van der Waals surface area contributed by atoms with Gasteiger partial charge in [-0.3, -0.25) is 4.79 Å². The lowest BCUT2D eigenvalue weighted by Crippen LogP contribution is -2.30. The smallest absolute Gasteiger partial charge is 0.284 e. The summed E-state index contributed by atoms with van der Waals surface area (Å²) in [6, 6.07) is 14.5. The van der Waals surface area contributed by atoms with Gasteiger partial charge in [-0.05, 0) is 59.2 Å². The first-order valence-corrected chi connectivity index (χ1v) is 11.9. The highest BCUT2D eigenvalue weighted by atomic mass is 32.2. The minimum atomic E-state index is -3.72. The Balaban J connectivity index is 1.74. The highest BCUT2D eigenvalue weighted by Crippen LogP contribution is 2.33. The molecule has 0 aliphatic rings. The number of fused-ring (bicyclic) bond motifs is 1. The van der Waals surface area contributed by atoms with E-state index in [0.29, 0.717) is 33.2 Å². The van der Waals surface area contributed by atoms with Gasteiger partial charge >= 0.3 is 0 Å². The van der Waals surface area contributed by atoms with Crippen LogP contribution in [0.15, 0.2) is 47.1 Å². The summed E-state index contributed by atoms with van der Waals surface area (Å²) in [5, 5.41) is 17.3. The summed E-state index contributed by atoms with van der Waals surface area (Å²) in [6.45, 7) is 2.07. The second-order valence-corrected chi connectivity index (χ2v) is 9.87. The van der Waals surface area contributed by atoms with Crippen LogP contribution in [0.25, 0.3) is 11.0 Å². The number of amides is 1. The van der Waals surface area contributed by atoms with Crippen molar-refractivity contribution in [3.8, 4) is 6.07 Å². The molecule has 0 atom stereocenters. The molecule has 0 fully saturated rings. The van der Waals surface area contributed by atoms with Gasteiger partial charge in [0.25, 0.3) is 5.91 Å². The van der Waals surface area contributed by atoms with Gasteiger partial charge in [-0.15, -0.1) is 11.3 Å². The van der Waals surface area contributed by atoms with Gasteiger partial charge < -0.3 is 4.90 Å². The predicted molar refractivity (Wildman–Crippen MR) is 118 cm³/mol. The number of benzene rings is 2. The third-order valence-corrected chi connectivity index (χ3v) is 6.03. The lowest BCUT2D eigenvalue weighted by Gasteiger charge is -2.22. The molecule has 12 heteroatoms. The molecule has 0 unspecified atom stereocenters. The Morgan fingerprint density at radius 1 is 1.19 bits per heavy atom. The molecule has 2 aromatic carbocycles. The summed E-state index contributed by atoms with van der Waals surface area (Å²) in [7, 11) is -3.72. The van der Waals surface area contributed by atoms with Gasteiger partial charge in [0.15, 0.2) is 5.13 Å². The number of rotatable bonds is 6. The van der Waals surface area contributed by atoms with Crippen LogP contribution in [0.4, 0.5) is 10.8 Å². The van der Waals surface area contributed by atoms with Crippen molar-refractivity contribution in [2.45, 2.75) is 13.5 Å². The van der Waals surface area contributed by atoms with Gasteiger partial charge in [0.2, 0.25) is 10.0 Å². The Morgan fingerprint density at radius 3 is 2.59 bits per heavy atom. The molecule has 1 N–H and O–H groups in total. The SMILES string of the molecule is Cc1sc(N(Cc2ccc3nonc3c2)c2ccc(C#N)cc2)nc1C(=O)NS(C)(=O)=O. The molecule has 0 bridgehead atoms. The molecule has 2 heterocycles. The Kier molecular flexibility index (Phi) is 5.60. The first kappa shape index (κ1) is 21.4. The van der Waals surface area contributed by atoms with Crippen LogP contribution in [0.2, 0.25) is 0 Å². The van der Waals surface area contributed by atoms with Crippen LogP contribution in [0.5, 0.6) is 0 Å². The number of hydrogen-bond acceptors (Lipinski definition) is 10. The van der Waals surface area contributed by atoms with Crippen LogP contribution < -0.4 is 9.62 Å². The van der Waals surface area contributed by atoms with Crippen LogP contribution >= 0.6 is 11.3 Å². The minimum absolute atomic E-state index is 0.0326. The van der Waals surface area contributed by atoms with Gasteiger partial charge in [-0.25, -0.2) is 22.8 Å². The first-order chi connectivity index (χ1) is 15.2. The molecule has 4 rings (SSSR count). The molecule has 162 valence electrons. The van der Waals surface area contributed by atoms with E-state index in [2.05, 4.69) is 21.4 Å². The quantitative estimate of drug-likeness (QED) is 0.452. The summed E-state index contributed by atoms with van der Waals surface area (Å²) in [6.07, 6.45) is 0.908. The highest BCUT2D eigenvalue weighted by Gasteiger charge is 2.22. The molecule has 0 aliphatic carbocycles. The number of nitriles is 1. The molecule has 1 amide bonds. The summed E-state index contributed by atoms with van der Waals surface area (Å²) < 4.78 is 29.6. The normalized spacial score (nSPS) is 11.3. The molecule has 0 saturated carbocycles. The van der Waals surface area contributed by atoms with E-state index in [4.69, 9.17) is 9.89 Å². The Labute approximate surface area is 187 Å². The number of anilines is 2. The van der Waals surface area contributed by atoms with E-state index in [1.54, 1.807) is 37.3 Å². The molecular formula is C20H16N6O4S2. The van der Waals surface area contributed by atoms with Gasteiger partial charge in [0.1, 0.15) is 16.7 Å². The number of nitrogens with one attached hydrogen (secondary N) is 1. The molecular weight excluding hydrogens is 452 g/mol. The molecule has 0 radical (unpaired) electrons. The summed E-state index contributed by atoms with van der Waals surface area (Å²) in [5.41, 5.74) is 3.39. The largest absolute Gasteiger partial charge is 0.313 e. The van der Waals surface area contributed by atoms with Crippen LogP contribution in [0.1, 0.15) is 26.5 Å². The lowest BCUT2D eigenvalue weighted by atomic mass is 10.1. The molecule has 4 aromatic rings. The van der Waals surface area contributed by atoms with Crippen LogP contribution in [-0.4, -0.2) is 35.9 Å². The first-order valence-electron chi connectivity index (χ1n) is 9.22. The maximum Gasteiger partial charge on any atom is 0.284 e. The van der Waals surface area contributed by atoms with Crippen LogP contribution in [0, 0.1) is 18.3 Å². The molecule has 0 aliphatic heterocycles. The number of carbonyl (C=O) groups excluding carboxylic acids is 1. The number of sulfonamides is 1. The summed E-state index contributed by atoms with van der Waals surface area (Å²) in [4.78, 5) is 19.2. The zero-order valence-corrected chi connectivity index (χ0v) is 18.6. The molecule has 32 heavy (non-hydrogen) atoms. The number of aromatic nitrogens is 3. The van der Waals surface area contributed by atoms with Crippen LogP contribution in [-0.2, 0) is 16.6 Å². The van der Waals surface area contributed by atoms with E-state index in [0.717, 1.165) is 17.5 Å². The van der Waals surface area contributed by atoms with Crippen molar-refractivity contribution in [2.75, 3.05) is 11.2 Å². The Hall–Kier alpha value is -3.82. The summed E-state index contributed by atoms with van der Waals surface area (Å²) in [5.74, 6) is -0.789. The minimum Gasteiger partial charge on any atom is -0.313 e. The van der Waals surface area contributed by atoms with Crippen LogP contribution in [0.3, 0.4) is 0 Å². The van der Waals surface area contributed by atoms with E-state index in [-0.39, 0.29) is 5.69 Å².